The summed E-state index contributed by atoms with van der Waals surface area (Å²) in [4.78, 5) is 23.4. The summed E-state index contributed by atoms with van der Waals surface area (Å²) in [6, 6.07) is 2.00. The van der Waals surface area contributed by atoms with Crippen molar-refractivity contribution in [2.45, 2.75) is 6.42 Å². The Morgan fingerprint density at radius 3 is 2.88 bits per heavy atom. The van der Waals surface area contributed by atoms with E-state index in [9.17, 15) is 4.79 Å². The third-order valence-corrected chi connectivity index (χ3v) is 2.76. The van der Waals surface area contributed by atoms with Gasteiger partial charge in [0, 0.05) is 32.5 Å². The molecule has 1 amide bonds. The fourth-order valence-corrected chi connectivity index (χ4v) is 1.81. The molecule has 2 heterocycles. The first-order chi connectivity index (χ1) is 8.22. The second kappa shape index (κ2) is 4.78. The highest BCUT2D eigenvalue weighted by Crippen LogP contribution is 2.16. The van der Waals surface area contributed by atoms with E-state index in [4.69, 9.17) is 5.26 Å². The van der Waals surface area contributed by atoms with E-state index in [0.717, 1.165) is 13.0 Å². The van der Waals surface area contributed by atoms with Gasteiger partial charge in [-0.3, -0.25) is 4.79 Å². The molecule has 17 heavy (non-hydrogen) atoms. The second-order valence-electron chi connectivity index (χ2n) is 3.93. The molecule has 6 heteroatoms. The van der Waals surface area contributed by atoms with Crippen molar-refractivity contribution >= 4 is 11.7 Å². The molecular weight excluding hydrogens is 218 g/mol. The highest BCUT2D eigenvalue weighted by molar-refractivity contribution is 5.81. The lowest BCUT2D eigenvalue weighted by Crippen LogP contribution is -2.35. The van der Waals surface area contributed by atoms with E-state index < -0.39 is 0 Å². The predicted molar refractivity (Wildman–Crippen MR) is 61.2 cm³/mol. The predicted octanol–water partition coefficient (Wildman–Crippen LogP) is 0.0168. The fraction of sp³-hybridized carbons (Fsp3) is 0.455. The van der Waals surface area contributed by atoms with Gasteiger partial charge in [-0.1, -0.05) is 0 Å². The summed E-state index contributed by atoms with van der Waals surface area (Å²) in [6.07, 6.45) is 3.88. The summed E-state index contributed by atoms with van der Waals surface area (Å²) >= 11 is 0. The number of aromatic nitrogens is 2. The van der Waals surface area contributed by atoms with Crippen LogP contribution in [0.4, 0.5) is 5.82 Å². The molecule has 1 aromatic rings. The van der Waals surface area contributed by atoms with Gasteiger partial charge >= 0.3 is 0 Å². The first kappa shape index (κ1) is 11.3. The number of likely N-dealkylation sites (N-methyl/N-ethyl adjacent to an activating group) is 1. The highest BCUT2D eigenvalue weighted by Gasteiger charge is 2.22. The third kappa shape index (κ3) is 2.33. The second-order valence-corrected chi connectivity index (χ2v) is 3.93. The van der Waals surface area contributed by atoms with Gasteiger partial charge in [-0.25, -0.2) is 9.97 Å². The van der Waals surface area contributed by atoms with Gasteiger partial charge in [-0.15, -0.1) is 0 Å². The lowest BCUT2D eigenvalue weighted by atomic mass is 10.3. The van der Waals surface area contributed by atoms with Crippen molar-refractivity contribution < 1.29 is 4.79 Å². The summed E-state index contributed by atoms with van der Waals surface area (Å²) in [5, 5.41) is 8.96. The molecule has 0 spiro atoms. The van der Waals surface area contributed by atoms with Gasteiger partial charge in [-0.05, 0) is 6.42 Å². The van der Waals surface area contributed by atoms with E-state index in [1.165, 1.54) is 12.4 Å². The van der Waals surface area contributed by atoms with Crippen LogP contribution in [-0.4, -0.2) is 47.5 Å². The smallest absolute Gasteiger partial charge is 0.241 e. The van der Waals surface area contributed by atoms with Crippen LogP contribution in [0.25, 0.3) is 0 Å². The van der Waals surface area contributed by atoms with Gasteiger partial charge in [0.05, 0.1) is 6.54 Å². The minimum absolute atomic E-state index is 0.0389. The lowest BCUT2D eigenvalue weighted by molar-refractivity contribution is -0.127. The average Bonchev–Trinajstić information content (AvgIpc) is 2.52. The van der Waals surface area contributed by atoms with E-state index in [2.05, 4.69) is 9.97 Å². The van der Waals surface area contributed by atoms with Crippen molar-refractivity contribution in [2.24, 2.45) is 0 Å². The molecule has 6 nitrogen and oxygen atoms in total. The molecule has 1 fully saturated rings. The van der Waals surface area contributed by atoms with Crippen LogP contribution >= 0.6 is 0 Å². The number of nitriles is 1. The van der Waals surface area contributed by atoms with Gasteiger partial charge in [0.1, 0.15) is 6.07 Å². The van der Waals surface area contributed by atoms with Crippen molar-refractivity contribution in [3.05, 3.63) is 18.1 Å². The Hall–Kier alpha value is -2.16. The van der Waals surface area contributed by atoms with E-state index in [1.54, 1.807) is 11.9 Å². The summed E-state index contributed by atoms with van der Waals surface area (Å²) in [6.45, 7) is 1.70. The van der Waals surface area contributed by atoms with Gasteiger partial charge in [0.15, 0.2) is 11.5 Å². The first-order valence-electron chi connectivity index (χ1n) is 5.42. The Bertz CT molecular complexity index is 467. The monoisotopic (exact) mass is 231 g/mol. The maximum Gasteiger partial charge on any atom is 0.241 e. The van der Waals surface area contributed by atoms with Crippen molar-refractivity contribution in [3.63, 3.8) is 0 Å². The van der Waals surface area contributed by atoms with Crippen LogP contribution in [-0.2, 0) is 4.79 Å². The molecule has 2 rings (SSSR count). The molecule has 0 atom stereocenters. The molecule has 0 bridgehead atoms. The SMILES string of the molecule is CN1CCCN(c2nccnc2C#N)CC1=O. The molecule has 1 aliphatic heterocycles. The van der Waals surface area contributed by atoms with Crippen LogP contribution in [0.3, 0.4) is 0 Å². The normalized spacial score (nSPS) is 16.6. The summed E-state index contributed by atoms with van der Waals surface area (Å²) in [7, 11) is 1.79. The average molecular weight is 231 g/mol. The molecule has 1 saturated heterocycles. The third-order valence-electron chi connectivity index (χ3n) is 2.76. The molecule has 0 aromatic carbocycles. The maximum atomic E-state index is 11.8. The lowest BCUT2D eigenvalue weighted by Gasteiger charge is -2.20. The van der Waals surface area contributed by atoms with E-state index >= 15 is 0 Å². The molecule has 88 valence electrons. The van der Waals surface area contributed by atoms with Gasteiger partial charge < -0.3 is 9.80 Å². The van der Waals surface area contributed by atoms with Crippen LogP contribution < -0.4 is 4.90 Å². The van der Waals surface area contributed by atoms with Crippen molar-refractivity contribution in [1.29, 1.82) is 5.26 Å². The van der Waals surface area contributed by atoms with Crippen LogP contribution in [0.5, 0.6) is 0 Å². The van der Waals surface area contributed by atoms with Gasteiger partial charge in [-0.2, -0.15) is 5.26 Å². The van der Waals surface area contributed by atoms with E-state index in [1.807, 2.05) is 11.0 Å². The molecule has 0 N–H and O–H groups in total. The fourth-order valence-electron chi connectivity index (χ4n) is 1.81. The van der Waals surface area contributed by atoms with Gasteiger partial charge in [0.2, 0.25) is 5.91 Å². The molecule has 0 unspecified atom stereocenters. The Labute approximate surface area is 99.5 Å². The molecule has 0 radical (unpaired) electrons. The van der Waals surface area contributed by atoms with Gasteiger partial charge in [0.25, 0.3) is 0 Å². The zero-order valence-corrected chi connectivity index (χ0v) is 9.63. The molecule has 1 aliphatic rings. The van der Waals surface area contributed by atoms with Crippen LogP contribution in [0.15, 0.2) is 12.4 Å². The summed E-state index contributed by atoms with van der Waals surface area (Å²) in [5.74, 6) is 0.538. The number of amides is 1. The van der Waals surface area contributed by atoms with Crippen LogP contribution in [0, 0.1) is 11.3 Å². The summed E-state index contributed by atoms with van der Waals surface area (Å²) in [5.41, 5.74) is 0.268. The minimum atomic E-state index is 0.0389. The molecule has 0 saturated carbocycles. The number of hydrogen-bond acceptors (Lipinski definition) is 5. The number of nitrogens with zero attached hydrogens (tertiary/aromatic N) is 5. The minimum Gasteiger partial charge on any atom is -0.345 e. The Morgan fingerprint density at radius 1 is 1.35 bits per heavy atom. The largest absolute Gasteiger partial charge is 0.345 e. The number of carbonyl (C=O) groups is 1. The van der Waals surface area contributed by atoms with Crippen LogP contribution in [0.2, 0.25) is 0 Å². The van der Waals surface area contributed by atoms with E-state index in [0.29, 0.717) is 12.4 Å². The topological polar surface area (TPSA) is 73.1 Å². The van der Waals surface area contributed by atoms with Crippen molar-refractivity contribution in [2.75, 3.05) is 31.6 Å². The molecule has 0 aliphatic carbocycles. The zero-order chi connectivity index (χ0) is 12.3. The number of rotatable bonds is 1. The van der Waals surface area contributed by atoms with Crippen molar-refractivity contribution in [3.8, 4) is 6.07 Å². The van der Waals surface area contributed by atoms with Crippen LogP contribution in [0.1, 0.15) is 12.1 Å². The standard InChI is InChI=1S/C11H13N5O/c1-15-5-2-6-16(8-10(15)17)11-9(7-12)13-3-4-14-11/h3-4H,2,5-6,8H2,1H3. The van der Waals surface area contributed by atoms with E-state index in [-0.39, 0.29) is 18.1 Å². The number of anilines is 1. The van der Waals surface area contributed by atoms with Crippen molar-refractivity contribution in [1.82, 2.24) is 14.9 Å². The molecule has 1 aromatic heterocycles. The number of hydrogen-bond donors (Lipinski definition) is 0. The maximum absolute atomic E-state index is 11.8. The number of carbonyl (C=O) groups excluding carboxylic acids is 1. The zero-order valence-electron chi connectivity index (χ0n) is 9.63. The first-order valence-corrected chi connectivity index (χ1v) is 5.42. The summed E-state index contributed by atoms with van der Waals surface area (Å²) < 4.78 is 0. The highest BCUT2D eigenvalue weighted by atomic mass is 16.2. The molecular formula is C11H13N5O. The Kier molecular flexibility index (Phi) is 3.19. The Morgan fingerprint density at radius 2 is 2.12 bits per heavy atom. The quantitative estimate of drug-likeness (QED) is 0.681. The Balaban J connectivity index is 2.27.